The zero-order chi connectivity index (χ0) is 14.4. The first-order valence-electron chi connectivity index (χ1n) is 7.96. The van der Waals surface area contributed by atoms with E-state index in [1.165, 1.54) is 25.7 Å². The van der Waals surface area contributed by atoms with Gasteiger partial charge in [-0.05, 0) is 32.1 Å². The molecule has 2 rings (SSSR count). The van der Waals surface area contributed by atoms with E-state index in [0.29, 0.717) is 6.54 Å². The number of aliphatic carboxylic acids is 1. The minimum absolute atomic E-state index is 0.0529. The van der Waals surface area contributed by atoms with Gasteiger partial charge in [-0.25, -0.2) is 4.79 Å². The van der Waals surface area contributed by atoms with Gasteiger partial charge in [0.1, 0.15) is 0 Å². The van der Waals surface area contributed by atoms with Crippen molar-refractivity contribution in [3.63, 3.8) is 0 Å². The van der Waals surface area contributed by atoms with Gasteiger partial charge in [-0.2, -0.15) is 0 Å². The number of carboxylic acid groups (broad SMARTS) is 1. The molecule has 2 N–H and O–H groups in total. The van der Waals surface area contributed by atoms with Crippen LogP contribution in [0.1, 0.15) is 64.2 Å². The summed E-state index contributed by atoms with van der Waals surface area (Å²) >= 11 is 0. The van der Waals surface area contributed by atoms with Crippen molar-refractivity contribution in [3.05, 3.63) is 0 Å². The smallest absolute Gasteiger partial charge is 0.317 e. The zero-order valence-electron chi connectivity index (χ0n) is 12.1. The van der Waals surface area contributed by atoms with Gasteiger partial charge in [0.25, 0.3) is 0 Å². The van der Waals surface area contributed by atoms with Crippen LogP contribution in [0, 0.1) is 0 Å². The monoisotopic (exact) mass is 282 g/mol. The van der Waals surface area contributed by atoms with Crippen molar-refractivity contribution >= 4 is 12.0 Å². The summed E-state index contributed by atoms with van der Waals surface area (Å²) in [4.78, 5) is 25.1. The van der Waals surface area contributed by atoms with Crippen LogP contribution in [0.3, 0.4) is 0 Å². The molecule has 2 amide bonds. The van der Waals surface area contributed by atoms with E-state index in [9.17, 15) is 9.59 Å². The molecule has 2 aliphatic rings. The number of rotatable bonds is 3. The van der Waals surface area contributed by atoms with Crippen LogP contribution in [0.15, 0.2) is 0 Å². The quantitative estimate of drug-likeness (QED) is 0.782. The lowest BCUT2D eigenvalue weighted by Gasteiger charge is -2.36. The van der Waals surface area contributed by atoms with Gasteiger partial charge in [-0.1, -0.05) is 25.7 Å². The summed E-state index contributed by atoms with van der Waals surface area (Å²) < 4.78 is 0. The summed E-state index contributed by atoms with van der Waals surface area (Å²) in [6.45, 7) is 0.691. The highest BCUT2D eigenvalue weighted by Gasteiger charge is 2.29. The minimum Gasteiger partial charge on any atom is -0.481 e. The summed E-state index contributed by atoms with van der Waals surface area (Å²) in [5.74, 6) is -0.816. The molecule has 0 aromatic heterocycles. The molecule has 0 aromatic rings. The van der Waals surface area contributed by atoms with Crippen molar-refractivity contribution in [1.82, 2.24) is 10.2 Å². The van der Waals surface area contributed by atoms with Crippen LogP contribution in [0.5, 0.6) is 0 Å². The highest BCUT2D eigenvalue weighted by atomic mass is 16.4. The first kappa shape index (κ1) is 15.1. The summed E-state index contributed by atoms with van der Waals surface area (Å²) in [6.07, 6.45) is 9.89. The fourth-order valence-electron chi connectivity index (χ4n) is 3.36. The molecule has 1 unspecified atom stereocenters. The molecule has 1 saturated heterocycles. The number of hydrogen-bond donors (Lipinski definition) is 2. The van der Waals surface area contributed by atoms with Crippen LogP contribution < -0.4 is 5.32 Å². The third-order valence-electron chi connectivity index (χ3n) is 4.48. The second-order valence-corrected chi connectivity index (χ2v) is 6.08. The number of urea groups is 1. The van der Waals surface area contributed by atoms with E-state index < -0.39 is 5.97 Å². The predicted molar refractivity (Wildman–Crippen MR) is 76.6 cm³/mol. The van der Waals surface area contributed by atoms with E-state index in [4.69, 9.17) is 5.11 Å². The Labute approximate surface area is 120 Å². The van der Waals surface area contributed by atoms with E-state index in [1.807, 2.05) is 0 Å². The topological polar surface area (TPSA) is 69.6 Å². The molecule has 0 radical (unpaired) electrons. The fraction of sp³-hybridized carbons (Fsp3) is 0.867. The lowest BCUT2D eigenvalue weighted by atomic mass is 10.00. The second-order valence-electron chi connectivity index (χ2n) is 6.08. The Hall–Kier alpha value is -1.26. The van der Waals surface area contributed by atoms with Gasteiger partial charge in [0.2, 0.25) is 0 Å². The first-order chi connectivity index (χ1) is 9.66. The molecule has 2 fully saturated rings. The Morgan fingerprint density at radius 2 is 1.65 bits per heavy atom. The number of carbonyl (C=O) groups excluding carboxylic acids is 1. The highest BCUT2D eigenvalue weighted by molar-refractivity contribution is 5.76. The van der Waals surface area contributed by atoms with Crippen molar-refractivity contribution in [2.75, 3.05) is 6.54 Å². The van der Waals surface area contributed by atoms with Crippen molar-refractivity contribution in [1.29, 1.82) is 0 Å². The number of nitrogens with one attached hydrogen (secondary N) is 1. The molecule has 5 heteroatoms. The van der Waals surface area contributed by atoms with Crippen molar-refractivity contribution in [2.45, 2.75) is 76.3 Å². The van der Waals surface area contributed by atoms with E-state index in [2.05, 4.69) is 5.32 Å². The fourth-order valence-corrected chi connectivity index (χ4v) is 3.36. The normalized spacial score (nSPS) is 25.0. The molecular formula is C15H26N2O3. The summed E-state index contributed by atoms with van der Waals surface area (Å²) in [7, 11) is 0. The van der Waals surface area contributed by atoms with Gasteiger partial charge in [-0.3, -0.25) is 4.79 Å². The summed E-state index contributed by atoms with van der Waals surface area (Å²) in [5.41, 5.74) is 0. The SMILES string of the molecule is O=C(O)CC1CCCCN1C(=O)NC1CCCCCC1. The number of amides is 2. The zero-order valence-corrected chi connectivity index (χ0v) is 12.1. The van der Waals surface area contributed by atoms with Gasteiger partial charge in [0, 0.05) is 18.6 Å². The largest absolute Gasteiger partial charge is 0.481 e. The van der Waals surface area contributed by atoms with Gasteiger partial charge in [-0.15, -0.1) is 0 Å². The molecule has 1 saturated carbocycles. The number of carbonyl (C=O) groups is 2. The standard InChI is InChI=1S/C15H26N2O3/c18-14(19)11-13-9-5-6-10-17(13)15(20)16-12-7-3-1-2-4-8-12/h12-13H,1-11H2,(H,16,20)(H,18,19). The highest BCUT2D eigenvalue weighted by Crippen LogP contribution is 2.21. The van der Waals surface area contributed by atoms with Crippen molar-refractivity contribution in [3.8, 4) is 0 Å². The predicted octanol–water partition coefficient (Wildman–Crippen LogP) is 2.75. The Bertz CT molecular complexity index is 338. The maximum Gasteiger partial charge on any atom is 0.317 e. The Kier molecular flexibility index (Phi) is 5.68. The molecular weight excluding hydrogens is 256 g/mol. The second kappa shape index (κ2) is 7.50. The first-order valence-corrected chi connectivity index (χ1v) is 7.96. The number of hydrogen-bond acceptors (Lipinski definition) is 2. The van der Waals surface area contributed by atoms with Crippen molar-refractivity contribution in [2.24, 2.45) is 0 Å². The minimum atomic E-state index is -0.816. The third-order valence-corrected chi connectivity index (χ3v) is 4.48. The third kappa shape index (κ3) is 4.39. The van der Waals surface area contributed by atoms with E-state index in [-0.39, 0.29) is 24.5 Å². The van der Waals surface area contributed by atoms with Crippen LogP contribution in [0.25, 0.3) is 0 Å². The number of piperidine rings is 1. The molecule has 1 aliphatic heterocycles. The Balaban J connectivity index is 1.89. The molecule has 5 nitrogen and oxygen atoms in total. The lowest BCUT2D eigenvalue weighted by Crippen LogP contribution is -2.51. The Morgan fingerprint density at radius 3 is 2.30 bits per heavy atom. The molecule has 1 aliphatic carbocycles. The van der Waals surface area contributed by atoms with Crippen molar-refractivity contribution < 1.29 is 14.7 Å². The maximum absolute atomic E-state index is 12.4. The van der Waals surface area contributed by atoms with E-state index in [0.717, 1.165) is 32.1 Å². The molecule has 0 aromatic carbocycles. The van der Waals surface area contributed by atoms with Crippen LogP contribution in [0.2, 0.25) is 0 Å². The lowest BCUT2D eigenvalue weighted by molar-refractivity contribution is -0.138. The molecule has 114 valence electrons. The van der Waals surface area contributed by atoms with Gasteiger partial charge >= 0.3 is 12.0 Å². The number of carboxylic acids is 1. The van der Waals surface area contributed by atoms with Crippen LogP contribution in [0.4, 0.5) is 4.79 Å². The molecule has 20 heavy (non-hydrogen) atoms. The number of likely N-dealkylation sites (tertiary alicyclic amines) is 1. The molecule has 0 bridgehead atoms. The van der Waals surface area contributed by atoms with Crippen LogP contribution >= 0.6 is 0 Å². The molecule has 0 spiro atoms. The summed E-state index contributed by atoms with van der Waals surface area (Å²) in [5, 5.41) is 12.1. The average molecular weight is 282 g/mol. The molecule has 1 atom stereocenters. The van der Waals surface area contributed by atoms with Gasteiger partial charge < -0.3 is 15.3 Å². The van der Waals surface area contributed by atoms with Gasteiger partial charge in [0.15, 0.2) is 0 Å². The van der Waals surface area contributed by atoms with Gasteiger partial charge in [0.05, 0.1) is 6.42 Å². The average Bonchev–Trinajstić information content (AvgIpc) is 2.67. The van der Waals surface area contributed by atoms with Crippen LogP contribution in [-0.2, 0) is 4.79 Å². The number of nitrogens with zero attached hydrogens (tertiary/aromatic N) is 1. The Morgan fingerprint density at radius 1 is 1.00 bits per heavy atom. The summed E-state index contributed by atoms with van der Waals surface area (Å²) in [6, 6.07) is 0.0901. The maximum atomic E-state index is 12.4. The van der Waals surface area contributed by atoms with Crippen LogP contribution in [-0.4, -0.2) is 40.6 Å². The molecule has 1 heterocycles. The van der Waals surface area contributed by atoms with E-state index >= 15 is 0 Å². The van der Waals surface area contributed by atoms with E-state index in [1.54, 1.807) is 4.90 Å².